The van der Waals surface area contributed by atoms with Gasteiger partial charge in [-0.15, -0.1) is 0 Å². The SMILES string of the molecule is CC[C@H](N)c1ccc(N2CCCC(C(C)(C)C)CC2)cn1. The Morgan fingerprint density at radius 2 is 2.05 bits per heavy atom. The van der Waals surface area contributed by atoms with E-state index >= 15 is 0 Å². The molecule has 3 nitrogen and oxygen atoms in total. The summed E-state index contributed by atoms with van der Waals surface area (Å²) in [6.45, 7) is 11.5. The van der Waals surface area contributed by atoms with E-state index < -0.39 is 0 Å². The van der Waals surface area contributed by atoms with Gasteiger partial charge in [-0.3, -0.25) is 4.98 Å². The van der Waals surface area contributed by atoms with Crippen molar-refractivity contribution in [1.82, 2.24) is 4.98 Å². The molecule has 21 heavy (non-hydrogen) atoms. The predicted molar refractivity (Wildman–Crippen MR) is 90.5 cm³/mol. The third kappa shape index (κ3) is 4.19. The van der Waals surface area contributed by atoms with Crippen LogP contribution >= 0.6 is 0 Å². The van der Waals surface area contributed by atoms with E-state index in [4.69, 9.17) is 5.73 Å². The summed E-state index contributed by atoms with van der Waals surface area (Å²) in [4.78, 5) is 7.04. The summed E-state index contributed by atoms with van der Waals surface area (Å²) < 4.78 is 0. The van der Waals surface area contributed by atoms with Crippen LogP contribution in [0.5, 0.6) is 0 Å². The summed E-state index contributed by atoms with van der Waals surface area (Å²) >= 11 is 0. The van der Waals surface area contributed by atoms with Gasteiger partial charge in [0.25, 0.3) is 0 Å². The minimum absolute atomic E-state index is 0.0634. The molecule has 0 amide bonds. The first-order chi connectivity index (χ1) is 9.91. The van der Waals surface area contributed by atoms with Crippen molar-refractivity contribution in [2.75, 3.05) is 18.0 Å². The van der Waals surface area contributed by atoms with Crippen LogP contribution in [0.2, 0.25) is 0 Å². The van der Waals surface area contributed by atoms with Crippen molar-refractivity contribution in [1.29, 1.82) is 0 Å². The molecular formula is C18H31N3. The monoisotopic (exact) mass is 289 g/mol. The minimum atomic E-state index is 0.0634. The fourth-order valence-electron chi connectivity index (χ4n) is 3.23. The molecule has 1 aromatic rings. The van der Waals surface area contributed by atoms with Crippen LogP contribution in [0.15, 0.2) is 18.3 Å². The Labute approximate surface area is 129 Å². The number of rotatable bonds is 3. The zero-order chi connectivity index (χ0) is 15.5. The van der Waals surface area contributed by atoms with Crippen molar-refractivity contribution >= 4 is 5.69 Å². The molecule has 1 unspecified atom stereocenters. The maximum atomic E-state index is 6.04. The molecule has 2 rings (SSSR count). The summed E-state index contributed by atoms with van der Waals surface area (Å²) in [5.74, 6) is 0.822. The van der Waals surface area contributed by atoms with Crippen molar-refractivity contribution in [2.24, 2.45) is 17.1 Å². The number of nitrogens with zero attached hydrogens (tertiary/aromatic N) is 2. The third-order valence-electron chi connectivity index (χ3n) is 4.91. The summed E-state index contributed by atoms with van der Waals surface area (Å²) in [6.07, 6.45) is 6.83. The van der Waals surface area contributed by atoms with Gasteiger partial charge in [-0.05, 0) is 49.1 Å². The Morgan fingerprint density at radius 3 is 2.62 bits per heavy atom. The van der Waals surface area contributed by atoms with Gasteiger partial charge in [-0.1, -0.05) is 27.7 Å². The van der Waals surface area contributed by atoms with Crippen molar-refractivity contribution in [3.63, 3.8) is 0 Å². The van der Waals surface area contributed by atoms with E-state index in [1.54, 1.807) is 0 Å². The van der Waals surface area contributed by atoms with Crippen LogP contribution in [-0.4, -0.2) is 18.1 Å². The van der Waals surface area contributed by atoms with E-state index in [1.807, 2.05) is 6.20 Å². The molecule has 3 heteroatoms. The highest BCUT2D eigenvalue weighted by molar-refractivity contribution is 5.45. The maximum Gasteiger partial charge on any atom is 0.0572 e. The molecule has 0 spiro atoms. The van der Waals surface area contributed by atoms with Gasteiger partial charge in [0.05, 0.1) is 17.6 Å². The van der Waals surface area contributed by atoms with Crippen LogP contribution in [0, 0.1) is 11.3 Å². The Balaban J connectivity index is 2.02. The van der Waals surface area contributed by atoms with Gasteiger partial charge in [0.1, 0.15) is 0 Å². The first-order valence-electron chi connectivity index (χ1n) is 8.38. The number of nitrogens with two attached hydrogens (primary N) is 1. The van der Waals surface area contributed by atoms with E-state index in [0.717, 1.165) is 31.1 Å². The van der Waals surface area contributed by atoms with Gasteiger partial charge in [0, 0.05) is 19.1 Å². The smallest absolute Gasteiger partial charge is 0.0572 e. The van der Waals surface area contributed by atoms with Crippen molar-refractivity contribution in [2.45, 2.75) is 59.4 Å². The summed E-state index contributed by atoms with van der Waals surface area (Å²) in [6, 6.07) is 4.35. The molecule has 1 aliphatic rings. The van der Waals surface area contributed by atoms with E-state index in [-0.39, 0.29) is 6.04 Å². The second kappa shape index (κ2) is 6.78. The van der Waals surface area contributed by atoms with Gasteiger partial charge >= 0.3 is 0 Å². The first-order valence-corrected chi connectivity index (χ1v) is 8.38. The molecule has 1 saturated heterocycles. The largest absolute Gasteiger partial charge is 0.370 e. The molecule has 0 aromatic carbocycles. The molecular weight excluding hydrogens is 258 g/mol. The van der Waals surface area contributed by atoms with Crippen LogP contribution in [0.1, 0.15) is 65.1 Å². The lowest BCUT2D eigenvalue weighted by atomic mass is 9.77. The number of anilines is 1. The fraction of sp³-hybridized carbons (Fsp3) is 0.722. The van der Waals surface area contributed by atoms with Crippen LogP contribution in [0.25, 0.3) is 0 Å². The normalized spacial score (nSPS) is 22.0. The standard InChI is InChI=1S/C18H31N3/c1-5-16(19)17-9-8-15(13-20-17)21-11-6-7-14(10-12-21)18(2,3)4/h8-9,13-14,16H,5-7,10-12,19H2,1-4H3/t14?,16-/m0/s1. The predicted octanol–water partition coefficient (Wildman–Crippen LogP) is 4.14. The molecule has 1 fully saturated rings. The minimum Gasteiger partial charge on any atom is -0.370 e. The van der Waals surface area contributed by atoms with Crippen LogP contribution in [0.4, 0.5) is 5.69 Å². The Morgan fingerprint density at radius 1 is 1.29 bits per heavy atom. The maximum absolute atomic E-state index is 6.04. The average Bonchev–Trinajstić information content (AvgIpc) is 2.72. The van der Waals surface area contributed by atoms with Crippen molar-refractivity contribution < 1.29 is 0 Å². The average molecular weight is 289 g/mol. The van der Waals surface area contributed by atoms with Crippen molar-refractivity contribution in [3.8, 4) is 0 Å². The second-order valence-electron chi connectivity index (χ2n) is 7.44. The van der Waals surface area contributed by atoms with Gasteiger partial charge in [-0.2, -0.15) is 0 Å². The lowest BCUT2D eigenvalue weighted by Gasteiger charge is -2.30. The molecule has 0 aliphatic carbocycles. The lowest BCUT2D eigenvalue weighted by Crippen LogP contribution is -2.26. The molecule has 0 bridgehead atoms. The Hall–Kier alpha value is -1.09. The first kappa shape index (κ1) is 16.3. The molecule has 1 aromatic heterocycles. The lowest BCUT2D eigenvalue weighted by molar-refractivity contribution is 0.220. The molecule has 2 heterocycles. The second-order valence-corrected chi connectivity index (χ2v) is 7.44. The summed E-state index contributed by atoms with van der Waals surface area (Å²) in [5.41, 5.74) is 8.71. The molecule has 118 valence electrons. The topological polar surface area (TPSA) is 42.1 Å². The fourth-order valence-corrected chi connectivity index (χ4v) is 3.23. The number of pyridine rings is 1. The highest BCUT2D eigenvalue weighted by Gasteiger charge is 2.27. The molecule has 2 N–H and O–H groups in total. The van der Waals surface area contributed by atoms with E-state index in [2.05, 4.69) is 49.7 Å². The van der Waals surface area contributed by atoms with Gasteiger partial charge in [0.2, 0.25) is 0 Å². The highest BCUT2D eigenvalue weighted by atomic mass is 15.1. The number of hydrogen-bond donors (Lipinski definition) is 1. The molecule has 1 aliphatic heterocycles. The quantitative estimate of drug-likeness (QED) is 0.909. The zero-order valence-electron chi connectivity index (χ0n) is 14.1. The zero-order valence-corrected chi connectivity index (χ0v) is 14.1. The number of hydrogen-bond acceptors (Lipinski definition) is 3. The Kier molecular flexibility index (Phi) is 5.26. The highest BCUT2D eigenvalue weighted by Crippen LogP contribution is 2.35. The van der Waals surface area contributed by atoms with Gasteiger partial charge in [-0.25, -0.2) is 0 Å². The third-order valence-corrected chi connectivity index (χ3v) is 4.91. The number of aromatic nitrogens is 1. The molecule has 0 saturated carbocycles. The van der Waals surface area contributed by atoms with E-state index in [0.29, 0.717) is 5.41 Å². The molecule has 2 atom stereocenters. The van der Waals surface area contributed by atoms with Crippen molar-refractivity contribution in [3.05, 3.63) is 24.0 Å². The summed E-state index contributed by atoms with van der Waals surface area (Å²) in [7, 11) is 0. The van der Waals surface area contributed by atoms with Crippen LogP contribution < -0.4 is 10.6 Å². The van der Waals surface area contributed by atoms with E-state index in [9.17, 15) is 0 Å². The van der Waals surface area contributed by atoms with Gasteiger partial charge in [0.15, 0.2) is 0 Å². The van der Waals surface area contributed by atoms with Crippen LogP contribution in [-0.2, 0) is 0 Å². The van der Waals surface area contributed by atoms with Crippen LogP contribution in [0.3, 0.4) is 0 Å². The summed E-state index contributed by atoms with van der Waals surface area (Å²) in [5, 5.41) is 0. The Bertz CT molecular complexity index is 433. The van der Waals surface area contributed by atoms with Gasteiger partial charge < -0.3 is 10.6 Å². The molecule has 0 radical (unpaired) electrons. The van der Waals surface area contributed by atoms with E-state index in [1.165, 1.54) is 24.9 Å².